The summed E-state index contributed by atoms with van der Waals surface area (Å²) in [5.74, 6) is 1.06. The van der Waals surface area contributed by atoms with Crippen molar-refractivity contribution in [1.82, 2.24) is 14.1 Å². The van der Waals surface area contributed by atoms with Crippen molar-refractivity contribution in [3.05, 3.63) is 66.7 Å². The zero-order chi connectivity index (χ0) is 19.5. The fourth-order valence-corrected chi connectivity index (χ4v) is 3.46. The van der Waals surface area contributed by atoms with E-state index in [4.69, 9.17) is 13.8 Å². The van der Waals surface area contributed by atoms with Gasteiger partial charge in [-0.3, -0.25) is 4.57 Å². The maximum atomic E-state index is 8.13. The Balaban J connectivity index is 1.99. The number of fused-ring (bicyclic) bond motifs is 4. The zero-order valence-electron chi connectivity index (χ0n) is 16.6. The summed E-state index contributed by atoms with van der Waals surface area (Å²) in [6, 6.07) is 21.0. The van der Waals surface area contributed by atoms with Crippen molar-refractivity contribution >= 4 is 32.8 Å². The van der Waals surface area contributed by atoms with Gasteiger partial charge in [-0.2, -0.15) is 0 Å². The molecule has 0 spiro atoms. The standard InChI is InChI=1S/C21H17N3O/c1-23-19-10-6-4-8-17(19)22-21(23)24-18-9-5-3-7-15(18)16-12-11-14(25-2)13-20(16)24/h3-13H,1-2H3/i1D3. The molecule has 0 atom stereocenters. The van der Waals surface area contributed by atoms with Crippen molar-refractivity contribution in [1.29, 1.82) is 0 Å². The minimum atomic E-state index is -2.37. The number of imidazole rings is 1. The number of methoxy groups -OCH3 is 1. The number of hydrogen-bond donors (Lipinski definition) is 0. The minimum absolute atomic E-state index is 0.362. The number of aromatic nitrogens is 3. The molecular formula is C21H17N3O. The Kier molecular flexibility index (Phi) is 2.31. The first-order valence-electron chi connectivity index (χ1n) is 9.54. The van der Waals surface area contributed by atoms with Crippen molar-refractivity contribution in [3.63, 3.8) is 0 Å². The van der Waals surface area contributed by atoms with E-state index in [1.54, 1.807) is 13.2 Å². The van der Waals surface area contributed by atoms with E-state index in [0.29, 0.717) is 22.7 Å². The predicted octanol–water partition coefficient (Wildman–Crippen LogP) is 4.68. The molecule has 0 aliphatic carbocycles. The van der Waals surface area contributed by atoms with Crippen LogP contribution in [0.3, 0.4) is 0 Å². The topological polar surface area (TPSA) is 32.0 Å². The summed E-state index contributed by atoms with van der Waals surface area (Å²) in [4.78, 5) is 4.70. The smallest absolute Gasteiger partial charge is 0.215 e. The molecule has 4 nitrogen and oxygen atoms in total. The molecule has 0 bridgehead atoms. The second-order valence-corrected chi connectivity index (χ2v) is 5.97. The second kappa shape index (κ2) is 5.11. The van der Waals surface area contributed by atoms with Gasteiger partial charge in [0, 0.05) is 27.9 Å². The Morgan fingerprint density at radius 1 is 0.880 bits per heavy atom. The van der Waals surface area contributed by atoms with E-state index in [-0.39, 0.29) is 0 Å². The van der Waals surface area contributed by atoms with Crippen LogP contribution >= 0.6 is 0 Å². The van der Waals surface area contributed by atoms with Gasteiger partial charge in [-0.15, -0.1) is 0 Å². The van der Waals surface area contributed by atoms with Crippen LogP contribution < -0.4 is 4.74 Å². The lowest BCUT2D eigenvalue weighted by atomic mass is 10.1. The summed E-state index contributed by atoms with van der Waals surface area (Å²) in [5.41, 5.74) is 2.96. The van der Waals surface area contributed by atoms with Crippen molar-refractivity contribution < 1.29 is 8.85 Å². The molecule has 0 N–H and O–H groups in total. The summed E-state index contributed by atoms with van der Waals surface area (Å²) < 4.78 is 33.0. The maximum Gasteiger partial charge on any atom is 0.215 e. The second-order valence-electron chi connectivity index (χ2n) is 5.97. The quantitative estimate of drug-likeness (QED) is 0.471. The Morgan fingerprint density at radius 3 is 2.48 bits per heavy atom. The molecule has 0 amide bonds. The highest BCUT2D eigenvalue weighted by Crippen LogP contribution is 2.34. The van der Waals surface area contributed by atoms with Crippen LogP contribution in [-0.4, -0.2) is 21.2 Å². The van der Waals surface area contributed by atoms with Crippen LogP contribution in [-0.2, 0) is 6.98 Å². The summed E-state index contributed by atoms with van der Waals surface area (Å²) in [6.07, 6.45) is 0. The van der Waals surface area contributed by atoms with E-state index in [1.165, 1.54) is 4.57 Å². The van der Waals surface area contributed by atoms with Gasteiger partial charge in [-0.05, 0) is 30.3 Å². The molecule has 122 valence electrons. The van der Waals surface area contributed by atoms with Crippen LogP contribution in [0.2, 0.25) is 0 Å². The van der Waals surface area contributed by atoms with Gasteiger partial charge in [0.2, 0.25) is 5.95 Å². The van der Waals surface area contributed by atoms with Crippen LogP contribution in [0.4, 0.5) is 0 Å². The average Bonchev–Trinajstić information content (AvgIpc) is 3.22. The highest BCUT2D eigenvalue weighted by Gasteiger charge is 2.17. The van der Waals surface area contributed by atoms with E-state index < -0.39 is 6.98 Å². The molecule has 0 aliphatic heterocycles. The Morgan fingerprint density at radius 2 is 1.64 bits per heavy atom. The summed E-state index contributed by atoms with van der Waals surface area (Å²) in [6.45, 7) is -2.37. The molecule has 5 aromatic rings. The third-order valence-corrected chi connectivity index (χ3v) is 4.62. The molecule has 3 aromatic carbocycles. The molecule has 25 heavy (non-hydrogen) atoms. The lowest BCUT2D eigenvalue weighted by molar-refractivity contribution is 0.415. The van der Waals surface area contributed by atoms with E-state index in [2.05, 4.69) is 0 Å². The molecule has 0 aliphatic rings. The monoisotopic (exact) mass is 330 g/mol. The number of ether oxygens (including phenoxy) is 1. The van der Waals surface area contributed by atoms with Crippen LogP contribution in [0, 0.1) is 0 Å². The lowest BCUT2D eigenvalue weighted by Crippen LogP contribution is -2.03. The number of nitrogens with zero attached hydrogens (tertiary/aromatic N) is 3. The van der Waals surface area contributed by atoms with E-state index >= 15 is 0 Å². The number of para-hydroxylation sites is 3. The highest BCUT2D eigenvalue weighted by atomic mass is 16.5. The molecule has 0 saturated heterocycles. The molecule has 4 heteroatoms. The molecule has 0 fully saturated rings. The van der Waals surface area contributed by atoms with E-state index in [9.17, 15) is 0 Å². The van der Waals surface area contributed by atoms with Gasteiger partial charge in [-0.1, -0.05) is 30.3 Å². The first-order valence-corrected chi connectivity index (χ1v) is 8.04. The van der Waals surface area contributed by atoms with Gasteiger partial charge < -0.3 is 9.30 Å². The number of aryl methyl sites for hydroxylation is 1. The Labute approximate surface area is 149 Å². The van der Waals surface area contributed by atoms with Crippen molar-refractivity contribution in [2.24, 2.45) is 6.98 Å². The predicted molar refractivity (Wildman–Crippen MR) is 102 cm³/mol. The minimum Gasteiger partial charge on any atom is -0.497 e. The van der Waals surface area contributed by atoms with Crippen LogP contribution in [0.25, 0.3) is 38.8 Å². The van der Waals surface area contributed by atoms with Crippen LogP contribution in [0.5, 0.6) is 5.75 Å². The Bertz CT molecular complexity index is 1350. The molecule has 2 aromatic heterocycles. The molecule has 0 saturated carbocycles. The fourth-order valence-electron chi connectivity index (χ4n) is 3.46. The van der Waals surface area contributed by atoms with Gasteiger partial charge in [0.25, 0.3) is 0 Å². The van der Waals surface area contributed by atoms with Crippen molar-refractivity contribution in [2.45, 2.75) is 0 Å². The lowest BCUT2D eigenvalue weighted by Gasteiger charge is -2.08. The molecule has 2 heterocycles. The maximum absolute atomic E-state index is 8.13. The average molecular weight is 330 g/mol. The summed E-state index contributed by atoms with van der Waals surface area (Å²) in [5, 5.41) is 2.05. The third kappa shape index (κ3) is 1.91. The van der Waals surface area contributed by atoms with Gasteiger partial charge in [0.15, 0.2) is 0 Å². The summed E-state index contributed by atoms with van der Waals surface area (Å²) >= 11 is 0. The molecule has 0 unspecified atom stereocenters. The molecule has 5 rings (SSSR count). The number of benzene rings is 3. The van der Waals surface area contributed by atoms with Crippen LogP contribution in [0.1, 0.15) is 4.11 Å². The largest absolute Gasteiger partial charge is 0.497 e. The normalized spacial score (nSPS) is 13.9. The van der Waals surface area contributed by atoms with E-state index in [0.717, 1.165) is 21.8 Å². The Hall–Kier alpha value is -3.27. The first-order chi connectivity index (χ1) is 13.5. The van der Waals surface area contributed by atoms with Gasteiger partial charge in [0.05, 0.1) is 29.2 Å². The highest BCUT2D eigenvalue weighted by molar-refractivity contribution is 6.09. The summed E-state index contributed by atoms with van der Waals surface area (Å²) in [7, 11) is 1.62. The zero-order valence-corrected chi connectivity index (χ0v) is 13.6. The van der Waals surface area contributed by atoms with Crippen LogP contribution in [0.15, 0.2) is 66.7 Å². The first kappa shape index (κ1) is 11.3. The van der Waals surface area contributed by atoms with E-state index in [1.807, 2.05) is 65.2 Å². The van der Waals surface area contributed by atoms with Gasteiger partial charge in [-0.25, -0.2) is 4.98 Å². The van der Waals surface area contributed by atoms with Gasteiger partial charge >= 0.3 is 0 Å². The number of rotatable bonds is 2. The SMILES string of the molecule is [2H]C([2H])([2H])n1c(-n2c3ccccc3c3ccc(OC)cc32)nc2ccccc21. The molecular weight excluding hydrogens is 310 g/mol. The fraction of sp³-hybridized carbons (Fsp3) is 0.0952. The third-order valence-electron chi connectivity index (χ3n) is 4.62. The number of hydrogen-bond acceptors (Lipinski definition) is 2. The molecule has 0 radical (unpaired) electrons. The van der Waals surface area contributed by atoms with Crippen molar-refractivity contribution in [2.75, 3.05) is 7.11 Å². The van der Waals surface area contributed by atoms with Gasteiger partial charge in [0.1, 0.15) is 5.75 Å². The van der Waals surface area contributed by atoms with Crippen molar-refractivity contribution in [3.8, 4) is 11.7 Å².